The maximum atomic E-state index is 12.7. The molecular formula is C26H26N6O. The average molecular weight is 439 g/mol. The van der Waals surface area contributed by atoms with Gasteiger partial charge in [-0.25, -0.2) is 9.97 Å². The number of pyridine rings is 1. The van der Waals surface area contributed by atoms with E-state index < -0.39 is 0 Å². The molecule has 0 aliphatic carbocycles. The fourth-order valence-electron chi connectivity index (χ4n) is 4.56. The Kier molecular flexibility index (Phi) is 5.17. The third kappa shape index (κ3) is 3.65. The molecule has 0 saturated carbocycles. The molecule has 1 atom stereocenters. The van der Waals surface area contributed by atoms with Gasteiger partial charge < -0.3 is 15.1 Å². The Hall–Kier alpha value is -4.00. The number of benzene rings is 2. The molecule has 0 radical (unpaired) electrons. The number of anilines is 4. The molecule has 0 fully saturated rings. The van der Waals surface area contributed by atoms with Crippen molar-refractivity contribution < 1.29 is 4.79 Å². The summed E-state index contributed by atoms with van der Waals surface area (Å²) >= 11 is 0. The summed E-state index contributed by atoms with van der Waals surface area (Å²) in [6.07, 6.45) is 5.44. The van der Waals surface area contributed by atoms with E-state index in [-0.39, 0.29) is 18.0 Å². The van der Waals surface area contributed by atoms with Gasteiger partial charge in [-0.15, -0.1) is 0 Å². The number of nitrogens with one attached hydrogen (secondary N) is 1. The van der Waals surface area contributed by atoms with E-state index in [0.29, 0.717) is 5.95 Å². The summed E-state index contributed by atoms with van der Waals surface area (Å²) in [6, 6.07) is 16.0. The van der Waals surface area contributed by atoms with Crippen molar-refractivity contribution in [1.29, 1.82) is 0 Å². The number of hydrogen-bond acceptors (Lipinski definition) is 6. The summed E-state index contributed by atoms with van der Waals surface area (Å²) in [6.45, 7) is 6.15. The fourth-order valence-corrected chi connectivity index (χ4v) is 4.56. The Morgan fingerprint density at radius 3 is 2.67 bits per heavy atom. The van der Waals surface area contributed by atoms with Crippen LogP contribution in [-0.2, 0) is 4.79 Å². The van der Waals surface area contributed by atoms with E-state index in [4.69, 9.17) is 4.98 Å². The van der Waals surface area contributed by atoms with Crippen LogP contribution in [0, 0.1) is 0 Å². The van der Waals surface area contributed by atoms with Gasteiger partial charge in [0.2, 0.25) is 11.9 Å². The van der Waals surface area contributed by atoms with Gasteiger partial charge >= 0.3 is 0 Å². The van der Waals surface area contributed by atoms with Crippen molar-refractivity contribution in [2.45, 2.75) is 32.9 Å². The van der Waals surface area contributed by atoms with Gasteiger partial charge in [-0.2, -0.15) is 0 Å². The maximum absolute atomic E-state index is 12.7. The highest BCUT2D eigenvalue weighted by atomic mass is 16.2. The molecule has 5 rings (SSSR count). The van der Waals surface area contributed by atoms with Crippen molar-refractivity contribution in [2.24, 2.45) is 0 Å². The van der Waals surface area contributed by atoms with E-state index in [9.17, 15) is 4.79 Å². The van der Waals surface area contributed by atoms with Gasteiger partial charge in [-0.05, 0) is 50.4 Å². The van der Waals surface area contributed by atoms with E-state index in [2.05, 4.69) is 46.2 Å². The molecule has 7 heteroatoms. The lowest BCUT2D eigenvalue weighted by Gasteiger charge is -2.42. The SMILES string of the molecule is CC(C)N1c2cc(Nc3nccc(-c4cncc5ccccc45)n3)ccc2N(C)C(=O)[C@@H]1C. The van der Waals surface area contributed by atoms with Gasteiger partial charge in [0.05, 0.1) is 17.1 Å². The largest absolute Gasteiger partial charge is 0.356 e. The summed E-state index contributed by atoms with van der Waals surface area (Å²) in [5, 5.41) is 5.51. The number of carbonyl (C=O) groups is 1. The Bertz CT molecular complexity index is 1350. The van der Waals surface area contributed by atoms with Crippen LogP contribution in [0.2, 0.25) is 0 Å². The second-order valence-corrected chi connectivity index (χ2v) is 8.58. The normalized spacial score (nSPS) is 15.8. The predicted octanol–water partition coefficient (Wildman–Crippen LogP) is 5.02. The molecule has 2 aromatic heterocycles. The van der Waals surface area contributed by atoms with E-state index in [1.807, 2.05) is 62.8 Å². The van der Waals surface area contributed by atoms with Gasteiger partial charge in [0.25, 0.3) is 0 Å². The summed E-state index contributed by atoms with van der Waals surface area (Å²) in [5.74, 6) is 0.599. The molecule has 4 aromatic rings. The lowest BCUT2D eigenvalue weighted by molar-refractivity contribution is -0.119. The van der Waals surface area contributed by atoms with Crippen LogP contribution in [0.3, 0.4) is 0 Å². The van der Waals surface area contributed by atoms with Crippen molar-refractivity contribution in [3.05, 3.63) is 67.1 Å². The van der Waals surface area contributed by atoms with Gasteiger partial charge in [-0.1, -0.05) is 24.3 Å². The standard InChI is InChI=1S/C26H26N6O/c1-16(2)32-17(3)25(33)31(4)23-10-9-19(13-24(23)32)29-26-28-12-11-22(30-26)21-15-27-14-18-7-5-6-8-20(18)21/h5-17H,1-4H3,(H,28,29,30)/t17-/m0/s1. The van der Waals surface area contributed by atoms with Crippen molar-refractivity contribution in [3.63, 3.8) is 0 Å². The van der Waals surface area contributed by atoms with Crippen molar-refractivity contribution in [2.75, 3.05) is 22.2 Å². The minimum Gasteiger partial charge on any atom is -0.356 e. The lowest BCUT2D eigenvalue weighted by atomic mass is 10.0. The highest BCUT2D eigenvalue weighted by Crippen LogP contribution is 2.39. The summed E-state index contributed by atoms with van der Waals surface area (Å²) in [4.78, 5) is 30.1. The molecule has 7 nitrogen and oxygen atoms in total. The molecule has 1 aliphatic heterocycles. The van der Waals surface area contributed by atoms with E-state index in [0.717, 1.165) is 39.1 Å². The second-order valence-electron chi connectivity index (χ2n) is 8.58. The number of likely N-dealkylation sites (N-methyl/N-ethyl adjacent to an activating group) is 1. The zero-order valence-corrected chi connectivity index (χ0v) is 19.1. The molecule has 1 aliphatic rings. The minimum atomic E-state index is -0.226. The Labute approximate surface area is 193 Å². The maximum Gasteiger partial charge on any atom is 0.249 e. The molecule has 166 valence electrons. The number of aromatic nitrogens is 3. The summed E-state index contributed by atoms with van der Waals surface area (Å²) in [5.41, 5.74) is 4.54. The number of carbonyl (C=O) groups excluding carboxylic acids is 1. The van der Waals surface area contributed by atoms with Crippen LogP contribution in [0.25, 0.3) is 22.0 Å². The first-order chi connectivity index (χ1) is 15.9. The first-order valence-corrected chi connectivity index (χ1v) is 11.1. The van der Waals surface area contributed by atoms with Gasteiger partial charge in [0.15, 0.2) is 0 Å². The first-order valence-electron chi connectivity index (χ1n) is 11.1. The molecule has 0 spiro atoms. The van der Waals surface area contributed by atoms with Crippen LogP contribution >= 0.6 is 0 Å². The van der Waals surface area contributed by atoms with Crippen molar-refractivity contribution in [1.82, 2.24) is 15.0 Å². The van der Waals surface area contributed by atoms with Crippen molar-refractivity contribution >= 4 is 39.7 Å². The highest BCUT2D eigenvalue weighted by Gasteiger charge is 2.34. The average Bonchev–Trinajstić information content (AvgIpc) is 2.82. The van der Waals surface area contributed by atoms with E-state index in [1.54, 1.807) is 11.1 Å². The topological polar surface area (TPSA) is 74.2 Å². The van der Waals surface area contributed by atoms with E-state index in [1.165, 1.54) is 0 Å². The Morgan fingerprint density at radius 1 is 1.03 bits per heavy atom. The first kappa shape index (κ1) is 20.9. The van der Waals surface area contributed by atoms with Crippen LogP contribution in [-0.4, -0.2) is 40.0 Å². The van der Waals surface area contributed by atoms with Crippen LogP contribution in [0.1, 0.15) is 20.8 Å². The molecule has 1 amide bonds. The Balaban J connectivity index is 1.51. The number of hydrogen-bond donors (Lipinski definition) is 1. The third-order valence-electron chi connectivity index (χ3n) is 6.13. The molecule has 0 saturated heterocycles. The fraction of sp³-hybridized carbons (Fsp3) is 0.231. The van der Waals surface area contributed by atoms with Gasteiger partial charge in [0, 0.05) is 48.3 Å². The third-order valence-corrected chi connectivity index (χ3v) is 6.13. The number of rotatable bonds is 4. The van der Waals surface area contributed by atoms with Crippen LogP contribution in [0.4, 0.5) is 23.0 Å². The highest BCUT2D eigenvalue weighted by molar-refractivity contribution is 6.05. The monoisotopic (exact) mass is 438 g/mol. The molecule has 0 bridgehead atoms. The lowest BCUT2D eigenvalue weighted by Crippen LogP contribution is -2.53. The quantitative estimate of drug-likeness (QED) is 0.483. The van der Waals surface area contributed by atoms with Gasteiger partial charge in [0.1, 0.15) is 6.04 Å². The minimum absolute atomic E-state index is 0.0941. The predicted molar refractivity (Wildman–Crippen MR) is 133 cm³/mol. The smallest absolute Gasteiger partial charge is 0.249 e. The number of nitrogens with zero attached hydrogens (tertiary/aromatic N) is 5. The molecule has 1 N–H and O–H groups in total. The zero-order valence-electron chi connectivity index (χ0n) is 19.1. The number of amides is 1. The summed E-state index contributed by atoms with van der Waals surface area (Å²) < 4.78 is 0. The van der Waals surface area contributed by atoms with E-state index >= 15 is 0 Å². The Morgan fingerprint density at radius 2 is 1.85 bits per heavy atom. The zero-order chi connectivity index (χ0) is 23.1. The van der Waals surface area contributed by atoms with Crippen LogP contribution < -0.4 is 15.1 Å². The second kappa shape index (κ2) is 8.16. The van der Waals surface area contributed by atoms with Crippen LogP contribution in [0.5, 0.6) is 0 Å². The molecule has 0 unspecified atom stereocenters. The number of fused-ring (bicyclic) bond motifs is 2. The van der Waals surface area contributed by atoms with Crippen LogP contribution in [0.15, 0.2) is 67.1 Å². The molecular weight excluding hydrogens is 412 g/mol. The van der Waals surface area contributed by atoms with Crippen molar-refractivity contribution in [3.8, 4) is 11.3 Å². The molecule has 33 heavy (non-hydrogen) atoms. The van der Waals surface area contributed by atoms with Gasteiger partial charge in [-0.3, -0.25) is 9.78 Å². The molecule has 2 aromatic carbocycles. The molecule has 3 heterocycles. The summed E-state index contributed by atoms with van der Waals surface area (Å²) in [7, 11) is 1.83.